The second kappa shape index (κ2) is 6.74. The fourth-order valence-corrected chi connectivity index (χ4v) is 0.662. The van der Waals surface area contributed by atoms with Gasteiger partial charge in [-0.2, -0.15) is 0 Å². The minimum atomic E-state index is -1.16. The number of aliphatic carboxylic acids is 1. The maximum Gasteiger partial charge on any atom is 0.342 e. The fourth-order valence-electron chi connectivity index (χ4n) is 0.662. The molecule has 0 aliphatic rings. The van der Waals surface area contributed by atoms with E-state index in [2.05, 4.69) is 10.8 Å². The van der Waals surface area contributed by atoms with Crippen LogP contribution in [-0.4, -0.2) is 41.7 Å². The highest BCUT2D eigenvalue weighted by atomic mass is 16.7. The Morgan fingerprint density at radius 3 is 2.71 bits per heavy atom. The van der Waals surface area contributed by atoms with E-state index >= 15 is 0 Å². The van der Waals surface area contributed by atoms with Gasteiger partial charge in [0.2, 0.25) is 0 Å². The average molecular weight is 200 g/mol. The zero-order valence-corrected chi connectivity index (χ0v) is 7.82. The Labute approximate surface area is 81.8 Å². The van der Waals surface area contributed by atoms with E-state index in [0.717, 1.165) is 0 Å². The molecular formula is C8H12N2O4. The molecule has 0 aromatic heterocycles. The molecule has 2 N–H and O–H groups in total. The molecule has 0 aliphatic carbocycles. The number of terminal acetylenes is 1. The highest BCUT2D eigenvalue weighted by Crippen LogP contribution is 1.87. The number of carbonyl (C=O) groups is 2. The van der Waals surface area contributed by atoms with Gasteiger partial charge in [0.1, 0.15) is 0 Å². The van der Waals surface area contributed by atoms with Crippen molar-refractivity contribution < 1.29 is 19.5 Å². The highest BCUT2D eigenvalue weighted by molar-refractivity contribution is 5.74. The molecule has 0 bridgehead atoms. The number of carbonyl (C=O) groups excluding carboxylic acids is 1. The van der Waals surface area contributed by atoms with Gasteiger partial charge >= 0.3 is 12.0 Å². The van der Waals surface area contributed by atoms with Crippen LogP contribution < -0.4 is 5.48 Å². The Morgan fingerprint density at radius 1 is 1.64 bits per heavy atom. The van der Waals surface area contributed by atoms with Gasteiger partial charge in [0.25, 0.3) is 0 Å². The van der Waals surface area contributed by atoms with E-state index in [0.29, 0.717) is 6.54 Å². The number of nitrogens with one attached hydrogen (secondary N) is 1. The second-order valence-corrected chi connectivity index (χ2v) is 2.31. The smallest absolute Gasteiger partial charge is 0.342 e. The summed E-state index contributed by atoms with van der Waals surface area (Å²) in [6, 6.07) is -0.549. The number of carboxylic acids is 1. The zero-order valence-electron chi connectivity index (χ0n) is 7.82. The second-order valence-electron chi connectivity index (χ2n) is 2.31. The van der Waals surface area contributed by atoms with Crippen molar-refractivity contribution in [2.24, 2.45) is 0 Å². The number of hydroxylamine groups is 1. The lowest BCUT2D eigenvalue weighted by Crippen LogP contribution is -2.40. The van der Waals surface area contributed by atoms with Gasteiger partial charge in [-0.3, -0.25) is 4.84 Å². The Bertz CT molecular complexity index is 246. The van der Waals surface area contributed by atoms with E-state index in [1.165, 1.54) is 4.90 Å². The molecule has 0 spiro atoms. The van der Waals surface area contributed by atoms with Crippen molar-refractivity contribution >= 4 is 12.0 Å². The molecule has 0 atom stereocenters. The molecule has 0 aromatic carbocycles. The van der Waals surface area contributed by atoms with Gasteiger partial charge in [-0.1, -0.05) is 5.92 Å². The van der Waals surface area contributed by atoms with Crippen molar-refractivity contribution in [2.45, 2.75) is 6.92 Å². The van der Waals surface area contributed by atoms with Crippen LogP contribution in [0.1, 0.15) is 6.92 Å². The normalized spacial score (nSPS) is 8.86. The molecule has 0 radical (unpaired) electrons. The van der Waals surface area contributed by atoms with Gasteiger partial charge < -0.3 is 10.0 Å². The lowest BCUT2D eigenvalue weighted by Gasteiger charge is -2.17. The molecule has 6 heteroatoms. The van der Waals surface area contributed by atoms with E-state index in [4.69, 9.17) is 11.5 Å². The van der Waals surface area contributed by atoms with Crippen LogP contribution in [0.25, 0.3) is 0 Å². The Balaban J connectivity index is 3.82. The topological polar surface area (TPSA) is 78.9 Å². The van der Waals surface area contributed by atoms with Gasteiger partial charge in [0, 0.05) is 6.54 Å². The molecular weight excluding hydrogens is 188 g/mol. The van der Waals surface area contributed by atoms with Crippen LogP contribution in [-0.2, 0) is 9.63 Å². The molecule has 78 valence electrons. The summed E-state index contributed by atoms with van der Waals surface area (Å²) in [6.45, 7) is 1.73. The van der Waals surface area contributed by atoms with Crippen molar-refractivity contribution in [3.05, 3.63) is 0 Å². The molecule has 0 rings (SSSR count). The standard InChI is InChI=1S/C8H12N2O4/c1-3-5-10(4-2)8(13)9-14-6-7(11)12/h1H,4-6H2,2H3,(H,9,13)(H,11,12). The average Bonchev–Trinajstić information content (AvgIpc) is 2.13. The number of amides is 2. The first-order valence-electron chi connectivity index (χ1n) is 3.93. The lowest BCUT2D eigenvalue weighted by atomic mass is 10.5. The summed E-state index contributed by atoms with van der Waals surface area (Å²) in [5.74, 6) is 1.13. The zero-order chi connectivity index (χ0) is 11.0. The van der Waals surface area contributed by atoms with Gasteiger partial charge in [-0.15, -0.1) is 6.42 Å². The quantitative estimate of drug-likeness (QED) is 0.470. The molecule has 14 heavy (non-hydrogen) atoms. The van der Waals surface area contributed by atoms with Gasteiger partial charge in [-0.25, -0.2) is 15.1 Å². The Morgan fingerprint density at radius 2 is 2.29 bits per heavy atom. The molecule has 0 heterocycles. The number of carboxylic acid groups (broad SMARTS) is 1. The first-order chi connectivity index (χ1) is 6.61. The summed E-state index contributed by atoms with van der Waals surface area (Å²) in [6.07, 6.45) is 5.01. The van der Waals surface area contributed by atoms with Crippen molar-refractivity contribution in [3.63, 3.8) is 0 Å². The minimum Gasteiger partial charge on any atom is -0.479 e. The van der Waals surface area contributed by atoms with Gasteiger partial charge in [-0.05, 0) is 6.92 Å². The van der Waals surface area contributed by atoms with Crippen LogP contribution in [0.2, 0.25) is 0 Å². The fraction of sp³-hybridized carbons (Fsp3) is 0.500. The summed E-state index contributed by atoms with van der Waals surface area (Å²) >= 11 is 0. The third kappa shape index (κ3) is 5.00. The molecule has 0 saturated heterocycles. The van der Waals surface area contributed by atoms with E-state index in [9.17, 15) is 9.59 Å². The third-order valence-corrected chi connectivity index (χ3v) is 1.31. The number of hydrogen-bond donors (Lipinski definition) is 2. The lowest BCUT2D eigenvalue weighted by molar-refractivity contribution is -0.144. The van der Waals surface area contributed by atoms with E-state index < -0.39 is 18.6 Å². The van der Waals surface area contributed by atoms with Crippen molar-refractivity contribution in [3.8, 4) is 12.3 Å². The van der Waals surface area contributed by atoms with E-state index in [1.807, 2.05) is 5.48 Å². The van der Waals surface area contributed by atoms with Crippen LogP contribution in [0.5, 0.6) is 0 Å². The van der Waals surface area contributed by atoms with Crippen LogP contribution >= 0.6 is 0 Å². The molecule has 0 unspecified atom stereocenters. The third-order valence-electron chi connectivity index (χ3n) is 1.31. The number of rotatable bonds is 5. The largest absolute Gasteiger partial charge is 0.479 e. The van der Waals surface area contributed by atoms with E-state index in [-0.39, 0.29) is 6.54 Å². The molecule has 0 aliphatic heterocycles. The molecule has 0 fully saturated rings. The summed E-state index contributed by atoms with van der Waals surface area (Å²) in [7, 11) is 0. The first kappa shape index (κ1) is 12.3. The van der Waals surface area contributed by atoms with Gasteiger partial charge in [0.05, 0.1) is 6.54 Å². The van der Waals surface area contributed by atoms with Gasteiger partial charge in [0.15, 0.2) is 6.61 Å². The number of hydrogen-bond acceptors (Lipinski definition) is 3. The van der Waals surface area contributed by atoms with Crippen molar-refractivity contribution in [1.82, 2.24) is 10.4 Å². The van der Waals surface area contributed by atoms with Crippen LogP contribution in [0.15, 0.2) is 0 Å². The monoisotopic (exact) mass is 200 g/mol. The Kier molecular flexibility index (Phi) is 5.90. The SMILES string of the molecule is C#CCN(CC)C(=O)NOCC(=O)O. The maximum atomic E-state index is 11.1. The number of urea groups is 1. The molecule has 2 amide bonds. The summed E-state index contributed by atoms with van der Waals surface area (Å²) in [5, 5.41) is 8.20. The predicted molar refractivity (Wildman–Crippen MR) is 48.2 cm³/mol. The summed E-state index contributed by atoms with van der Waals surface area (Å²) in [5.41, 5.74) is 1.96. The highest BCUT2D eigenvalue weighted by Gasteiger charge is 2.09. The molecule has 0 saturated carbocycles. The first-order valence-corrected chi connectivity index (χ1v) is 3.93. The van der Waals surface area contributed by atoms with Crippen LogP contribution in [0, 0.1) is 12.3 Å². The Hall–Kier alpha value is -1.74. The van der Waals surface area contributed by atoms with E-state index in [1.54, 1.807) is 6.92 Å². The number of nitrogens with zero attached hydrogens (tertiary/aromatic N) is 1. The van der Waals surface area contributed by atoms with Crippen LogP contribution in [0.3, 0.4) is 0 Å². The summed E-state index contributed by atoms with van der Waals surface area (Å²) < 4.78 is 0. The minimum absolute atomic E-state index is 0.152. The van der Waals surface area contributed by atoms with Crippen molar-refractivity contribution in [2.75, 3.05) is 19.7 Å². The predicted octanol–water partition coefficient (Wildman–Crippen LogP) is -0.333. The van der Waals surface area contributed by atoms with Crippen molar-refractivity contribution in [1.29, 1.82) is 0 Å². The summed E-state index contributed by atoms with van der Waals surface area (Å²) in [4.78, 5) is 26.8. The molecule has 0 aromatic rings. The maximum absolute atomic E-state index is 11.1. The molecule has 6 nitrogen and oxygen atoms in total. The van der Waals surface area contributed by atoms with Crippen LogP contribution in [0.4, 0.5) is 4.79 Å².